The van der Waals surface area contributed by atoms with E-state index < -0.39 is 11.9 Å². The van der Waals surface area contributed by atoms with Crippen LogP contribution in [0.5, 0.6) is 0 Å². The van der Waals surface area contributed by atoms with Gasteiger partial charge in [0.2, 0.25) is 0 Å². The number of aromatic nitrogens is 2. The number of H-pyrrole nitrogens is 1. The van der Waals surface area contributed by atoms with E-state index in [1.165, 1.54) is 4.57 Å². The minimum absolute atomic E-state index is 0.00976. The zero-order chi connectivity index (χ0) is 18.8. The summed E-state index contributed by atoms with van der Waals surface area (Å²) in [5.74, 6) is 0. The van der Waals surface area contributed by atoms with E-state index in [9.17, 15) is 9.59 Å². The molecule has 0 bridgehead atoms. The van der Waals surface area contributed by atoms with Crippen molar-refractivity contribution >= 4 is 0 Å². The molecule has 1 aromatic heterocycles. The molecule has 3 aromatic rings. The molecule has 0 radical (unpaired) electrons. The normalized spacial score (nSPS) is 20.0. The van der Waals surface area contributed by atoms with E-state index in [0.717, 1.165) is 11.1 Å². The fraction of sp³-hybridized carbons (Fsp3) is 0.238. The Morgan fingerprint density at radius 2 is 1.70 bits per heavy atom. The monoisotopic (exact) mass is 363 g/mol. The van der Waals surface area contributed by atoms with E-state index in [2.05, 4.69) is 29.2 Å². The van der Waals surface area contributed by atoms with Gasteiger partial charge < -0.3 is 0 Å². The Labute approximate surface area is 156 Å². The Balaban J connectivity index is 1.68. The Hall–Kier alpha value is -2.96. The molecule has 2 heterocycles. The maximum Gasteiger partial charge on any atom is 0.330 e. The van der Waals surface area contributed by atoms with Crippen molar-refractivity contribution < 1.29 is 4.84 Å². The van der Waals surface area contributed by atoms with Crippen LogP contribution >= 0.6 is 0 Å². The van der Waals surface area contributed by atoms with E-state index in [1.807, 2.05) is 41.5 Å². The minimum Gasteiger partial charge on any atom is -0.274 e. The lowest BCUT2D eigenvalue weighted by Crippen LogP contribution is -2.33. The van der Waals surface area contributed by atoms with Crippen LogP contribution in [0, 0.1) is 6.92 Å². The van der Waals surface area contributed by atoms with Crippen LogP contribution in [0.1, 0.15) is 35.4 Å². The summed E-state index contributed by atoms with van der Waals surface area (Å²) in [5, 5.41) is 1.92. The first-order chi connectivity index (χ1) is 13.1. The van der Waals surface area contributed by atoms with Crippen molar-refractivity contribution in [2.75, 3.05) is 0 Å². The molecule has 27 heavy (non-hydrogen) atoms. The van der Waals surface area contributed by atoms with Gasteiger partial charge in [0.1, 0.15) is 0 Å². The molecule has 138 valence electrons. The second kappa shape index (κ2) is 7.34. The maximum absolute atomic E-state index is 12.3. The summed E-state index contributed by atoms with van der Waals surface area (Å²) in [6, 6.07) is 20.2. The van der Waals surface area contributed by atoms with E-state index >= 15 is 0 Å². The molecule has 1 aliphatic rings. The van der Waals surface area contributed by atoms with Gasteiger partial charge >= 0.3 is 5.69 Å². The van der Waals surface area contributed by atoms with Crippen LogP contribution < -0.4 is 11.2 Å². The van der Waals surface area contributed by atoms with E-state index in [4.69, 9.17) is 4.84 Å². The predicted octanol–water partition coefficient (Wildman–Crippen LogP) is 2.92. The molecule has 2 atom stereocenters. The molecule has 1 N–H and O–H groups in total. The summed E-state index contributed by atoms with van der Waals surface area (Å²) in [6.45, 7) is 2.29. The first kappa shape index (κ1) is 17.5. The first-order valence-corrected chi connectivity index (χ1v) is 8.96. The number of hydroxylamine groups is 2. The number of hydrogen-bond acceptors (Lipinski definition) is 4. The van der Waals surface area contributed by atoms with Gasteiger partial charge in [-0.25, -0.2) is 4.79 Å². The highest BCUT2D eigenvalue weighted by atomic mass is 16.7. The molecule has 1 fully saturated rings. The van der Waals surface area contributed by atoms with Crippen LogP contribution in [-0.4, -0.2) is 14.6 Å². The molecule has 0 spiro atoms. The van der Waals surface area contributed by atoms with Crippen molar-refractivity contribution in [3.63, 3.8) is 0 Å². The molecule has 1 saturated heterocycles. The van der Waals surface area contributed by atoms with Gasteiger partial charge in [0.25, 0.3) is 5.56 Å². The van der Waals surface area contributed by atoms with Gasteiger partial charge in [-0.05, 0) is 18.1 Å². The SMILES string of the molecule is Cc1cn([C@@H]2C[C@H](c3ccccc3)N(Cc3ccccc3)O2)c(=O)[nH]c1=O. The highest BCUT2D eigenvalue weighted by molar-refractivity contribution is 5.21. The summed E-state index contributed by atoms with van der Waals surface area (Å²) < 4.78 is 1.47. The van der Waals surface area contributed by atoms with Crippen LogP contribution in [0.4, 0.5) is 0 Å². The molecule has 6 heteroatoms. The largest absolute Gasteiger partial charge is 0.330 e. The lowest BCUT2D eigenvalue weighted by atomic mass is 10.0. The van der Waals surface area contributed by atoms with Crippen molar-refractivity contribution in [2.24, 2.45) is 0 Å². The van der Waals surface area contributed by atoms with E-state index in [-0.39, 0.29) is 11.6 Å². The smallest absolute Gasteiger partial charge is 0.274 e. The van der Waals surface area contributed by atoms with Crippen molar-refractivity contribution in [2.45, 2.75) is 32.2 Å². The van der Waals surface area contributed by atoms with Gasteiger partial charge in [-0.2, -0.15) is 5.06 Å². The lowest BCUT2D eigenvalue weighted by Gasteiger charge is -2.23. The molecule has 0 aliphatic carbocycles. The van der Waals surface area contributed by atoms with Crippen LogP contribution in [0.15, 0.2) is 76.4 Å². The van der Waals surface area contributed by atoms with Crippen molar-refractivity contribution in [1.82, 2.24) is 14.6 Å². The number of nitrogens with zero attached hydrogens (tertiary/aromatic N) is 2. The quantitative estimate of drug-likeness (QED) is 0.774. The fourth-order valence-electron chi connectivity index (χ4n) is 3.43. The van der Waals surface area contributed by atoms with Crippen molar-refractivity contribution in [1.29, 1.82) is 0 Å². The van der Waals surface area contributed by atoms with Gasteiger partial charge in [-0.3, -0.25) is 19.2 Å². The lowest BCUT2D eigenvalue weighted by molar-refractivity contribution is -0.191. The van der Waals surface area contributed by atoms with Gasteiger partial charge in [0.15, 0.2) is 6.23 Å². The second-order valence-corrected chi connectivity index (χ2v) is 6.76. The van der Waals surface area contributed by atoms with Crippen LogP contribution in [0.3, 0.4) is 0 Å². The molecule has 2 aromatic carbocycles. The highest BCUT2D eigenvalue weighted by Gasteiger charge is 2.36. The number of aryl methyl sites for hydroxylation is 1. The standard InChI is InChI=1S/C21H21N3O3/c1-15-13-23(21(26)22-20(15)25)19-12-18(17-10-6-3-7-11-17)24(27-19)14-16-8-4-2-5-9-16/h2-11,13,18-19H,12,14H2,1H3,(H,22,25,26)/t18-,19+/m1/s1. The average molecular weight is 363 g/mol. The van der Waals surface area contributed by atoms with E-state index in [0.29, 0.717) is 18.5 Å². The molecule has 0 amide bonds. The molecule has 0 unspecified atom stereocenters. The highest BCUT2D eigenvalue weighted by Crippen LogP contribution is 2.39. The number of hydrogen-bond donors (Lipinski definition) is 1. The third kappa shape index (κ3) is 3.63. The van der Waals surface area contributed by atoms with Crippen molar-refractivity contribution in [3.05, 3.63) is 104 Å². The minimum atomic E-state index is -0.470. The van der Waals surface area contributed by atoms with Gasteiger partial charge in [0.05, 0.1) is 6.04 Å². The number of rotatable bonds is 4. The van der Waals surface area contributed by atoms with Gasteiger partial charge in [0, 0.05) is 24.7 Å². The molecule has 6 nitrogen and oxygen atoms in total. The third-order valence-corrected chi connectivity index (χ3v) is 4.85. The van der Waals surface area contributed by atoms with E-state index in [1.54, 1.807) is 13.1 Å². The molecular formula is C21H21N3O3. The fourth-order valence-corrected chi connectivity index (χ4v) is 3.43. The maximum atomic E-state index is 12.3. The summed E-state index contributed by atoms with van der Waals surface area (Å²) >= 11 is 0. The Morgan fingerprint density at radius 1 is 1.04 bits per heavy atom. The summed E-state index contributed by atoms with van der Waals surface area (Å²) in [7, 11) is 0. The summed E-state index contributed by atoms with van der Waals surface area (Å²) in [5.41, 5.74) is 1.92. The van der Waals surface area contributed by atoms with Gasteiger partial charge in [-0.15, -0.1) is 0 Å². The molecule has 4 rings (SSSR count). The number of aromatic amines is 1. The Bertz CT molecular complexity index is 1030. The Morgan fingerprint density at radius 3 is 2.41 bits per heavy atom. The first-order valence-electron chi connectivity index (χ1n) is 8.96. The zero-order valence-electron chi connectivity index (χ0n) is 15.0. The van der Waals surface area contributed by atoms with Crippen LogP contribution in [0.25, 0.3) is 0 Å². The van der Waals surface area contributed by atoms with Crippen molar-refractivity contribution in [3.8, 4) is 0 Å². The number of benzene rings is 2. The molecule has 0 saturated carbocycles. The Kier molecular flexibility index (Phi) is 4.75. The van der Waals surface area contributed by atoms with Crippen LogP contribution in [-0.2, 0) is 11.4 Å². The molecular weight excluding hydrogens is 342 g/mol. The summed E-state index contributed by atoms with van der Waals surface area (Å²) in [4.78, 5) is 32.5. The third-order valence-electron chi connectivity index (χ3n) is 4.85. The second-order valence-electron chi connectivity index (χ2n) is 6.76. The average Bonchev–Trinajstić information content (AvgIpc) is 3.09. The predicted molar refractivity (Wildman–Crippen MR) is 102 cm³/mol. The number of nitrogens with one attached hydrogen (secondary N) is 1. The van der Waals surface area contributed by atoms with Gasteiger partial charge in [-0.1, -0.05) is 60.7 Å². The molecule has 1 aliphatic heterocycles. The topological polar surface area (TPSA) is 67.3 Å². The van der Waals surface area contributed by atoms with Crippen LogP contribution in [0.2, 0.25) is 0 Å². The summed E-state index contributed by atoms with van der Waals surface area (Å²) in [6.07, 6.45) is 1.71. The zero-order valence-corrected chi connectivity index (χ0v) is 15.0.